The van der Waals surface area contributed by atoms with E-state index in [0.29, 0.717) is 18.6 Å². The van der Waals surface area contributed by atoms with Crippen molar-refractivity contribution in [3.05, 3.63) is 0 Å². The fraction of sp³-hybridized carbons (Fsp3) is 1.00. The first-order chi connectivity index (χ1) is 9.72. The molecule has 1 saturated carbocycles. The van der Waals surface area contributed by atoms with Crippen molar-refractivity contribution >= 4 is 12.4 Å². The molecule has 2 rings (SSSR count). The molecule has 1 heterocycles. The Balaban J connectivity index is 0.00000242. The molecule has 2 aliphatic rings. The van der Waals surface area contributed by atoms with Crippen molar-refractivity contribution in [1.82, 2.24) is 4.90 Å². The standard InChI is InChI=1S/C18H35NO2.ClH/c1-14-8-6-9-16(14)21-13-15(20)12-19-17(2,3)10-7-11-18(19,4)5;/h14-16,20H,6-13H2,1-5H3;1H. The Morgan fingerprint density at radius 2 is 1.68 bits per heavy atom. The molecule has 0 amide bonds. The van der Waals surface area contributed by atoms with Crippen molar-refractivity contribution < 1.29 is 9.84 Å². The highest BCUT2D eigenvalue weighted by atomic mass is 35.5. The number of aliphatic hydroxyl groups is 1. The van der Waals surface area contributed by atoms with Crippen molar-refractivity contribution in [3.8, 4) is 0 Å². The summed E-state index contributed by atoms with van der Waals surface area (Å²) in [7, 11) is 0. The van der Waals surface area contributed by atoms with E-state index < -0.39 is 0 Å². The molecule has 0 radical (unpaired) electrons. The van der Waals surface area contributed by atoms with Crippen LogP contribution in [-0.4, -0.2) is 46.4 Å². The third-order valence-electron chi connectivity index (χ3n) is 5.72. The second-order valence-electron chi connectivity index (χ2n) is 8.52. The Kier molecular flexibility index (Phi) is 7.19. The first-order valence-corrected chi connectivity index (χ1v) is 8.80. The molecule has 22 heavy (non-hydrogen) atoms. The van der Waals surface area contributed by atoms with Crippen molar-refractivity contribution in [2.24, 2.45) is 5.92 Å². The van der Waals surface area contributed by atoms with Gasteiger partial charge in [0.25, 0.3) is 0 Å². The topological polar surface area (TPSA) is 32.7 Å². The van der Waals surface area contributed by atoms with Crippen molar-refractivity contribution in [2.45, 2.75) is 96.4 Å². The van der Waals surface area contributed by atoms with E-state index in [0.717, 1.165) is 13.0 Å². The molecule has 3 unspecified atom stereocenters. The number of β-amino-alcohol motifs (C(OH)–C–C–N with tert-alkyl or cyclic N) is 1. The Morgan fingerprint density at radius 3 is 2.18 bits per heavy atom. The highest BCUT2D eigenvalue weighted by Crippen LogP contribution is 2.38. The number of piperidine rings is 1. The Morgan fingerprint density at radius 1 is 1.09 bits per heavy atom. The number of likely N-dealkylation sites (tertiary alicyclic amines) is 1. The number of aliphatic hydroxyl groups excluding tert-OH is 1. The predicted molar refractivity (Wildman–Crippen MR) is 94.7 cm³/mol. The van der Waals surface area contributed by atoms with Gasteiger partial charge in [-0.1, -0.05) is 13.3 Å². The summed E-state index contributed by atoms with van der Waals surface area (Å²) in [5.41, 5.74) is 0.340. The zero-order valence-corrected chi connectivity index (χ0v) is 15.9. The number of hydrogen-bond donors (Lipinski definition) is 1. The highest BCUT2D eigenvalue weighted by Gasteiger charge is 2.41. The quantitative estimate of drug-likeness (QED) is 0.824. The van der Waals surface area contributed by atoms with Crippen molar-refractivity contribution in [2.75, 3.05) is 13.2 Å². The van der Waals surface area contributed by atoms with Gasteiger partial charge in [0.2, 0.25) is 0 Å². The molecule has 1 aliphatic heterocycles. The SMILES string of the molecule is CC1CCCC1OCC(O)CN1C(C)(C)CCCC1(C)C.Cl. The molecule has 3 atom stereocenters. The second kappa shape index (κ2) is 7.83. The van der Waals surface area contributed by atoms with E-state index in [1.807, 2.05) is 0 Å². The second-order valence-corrected chi connectivity index (χ2v) is 8.52. The Bertz CT molecular complexity index is 330. The van der Waals surface area contributed by atoms with E-state index in [2.05, 4.69) is 39.5 Å². The lowest BCUT2D eigenvalue weighted by Crippen LogP contribution is -2.60. The molecule has 0 aromatic rings. The van der Waals surface area contributed by atoms with E-state index >= 15 is 0 Å². The van der Waals surface area contributed by atoms with Gasteiger partial charge in [-0.05, 0) is 65.7 Å². The Hall–Kier alpha value is 0.170. The summed E-state index contributed by atoms with van der Waals surface area (Å²) in [6.45, 7) is 12.7. The number of halogens is 1. The molecule has 0 aromatic carbocycles. The summed E-state index contributed by atoms with van der Waals surface area (Å²) in [6.07, 6.45) is 7.39. The normalized spacial score (nSPS) is 32.5. The average Bonchev–Trinajstić information content (AvgIpc) is 2.77. The van der Waals surface area contributed by atoms with E-state index in [9.17, 15) is 5.11 Å². The minimum Gasteiger partial charge on any atom is -0.389 e. The van der Waals surface area contributed by atoms with Crippen LogP contribution >= 0.6 is 12.4 Å². The van der Waals surface area contributed by atoms with Gasteiger partial charge in [-0.2, -0.15) is 0 Å². The Labute approximate surface area is 143 Å². The summed E-state index contributed by atoms with van der Waals surface area (Å²) < 4.78 is 5.98. The van der Waals surface area contributed by atoms with Gasteiger partial charge in [-0.25, -0.2) is 0 Å². The van der Waals surface area contributed by atoms with Crippen LogP contribution in [0.15, 0.2) is 0 Å². The summed E-state index contributed by atoms with van der Waals surface area (Å²) in [5.74, 6) is 0.653. The molecule has 0 spiro atoms. The largest absolute Gasteiger partial charge is 0.389 e. The number of rotatable bonds is 5. The van der Waals surface area contributed by atoms with Crippen molar-refractivity contribution in [3.63, 3.8) is 0 Å². The molecule has 0 aromatic heterocycles. The van der Waals surface area contributed by atoms with E-state index in [-0.39, 0.29) is 29.6 Å². The maximum Gasteiger partial charge on any atom is 0.0900 e. The monoisotopic (exact) mass is 333 g/mol. The van der Waals surface area contributed by atoms with Crippen LogP contribution < -0.4 is 0 Å². The molecular weight excluding hydrogens is 298 g/mol. The first-order valence-electron chi connectivity index (χ1n) is 8.80. The molecular formula is C18H36ClNO2. The van der Waals surface area contributed by atoms with Crippen molar-refractivity contribution in [1.29, 1.82) is 0 Å². The summed E-state index contributed by atoms with van der Waals surface area (Å²) >= 11 is 0. The molecule has 1 saturated heterocycles. The van der Waals surface area contributed by atoms with Gasteiger partial charge >= 0.3 is 0 Å². The third kappa shape index (κ3) is 4.83. The van der Waals surface area contributed by atoms with Gasteiger partial charge < -0.3 is 9.84 Å². The zero-order chi connectivity index (χ0) is 15.7. The third-order valence-corrected chi connectivity index (χ3v) is 5.72. The van der Waals surface area contributed by atoms with Gasteiger partial charge in [-0.15, -0.1) is 12.4 Å². The van der Waals surface area contributed by atoms with Crippen LogP contribution in [0.4, 0.5) is 0 Å². The summed E-state index contributed by atoms with van der Waals surface area (Å²) in [5, 5.41) is 10.4. The van der Waals surface area contributed by atoms with Crippen LogP contribution in [0.3, 0.4) is 0 Å². The van der Waals surface area contributed by atoms with Crippen LogP contribution in [0.2, 0.25) is 0 Å². The van der Waals surface area contributed by atoms with Gasteiger partial charge in [0.1, 0.15) is 0 Å². The summed E-state index contributed by atoms with van der Waals surface area (Å²) in [6, 6.07) is 0. The molecule has 0 bridgehead atoms. The van der Waals surface area contributed by atoms with Gasteiger partial charge in [-0.3, -0.25) is 4.90 Å². The minimum absolute atomic E-state index is 0. The highest BCUT2D eigenvalue weighted by molar-refractivity contribution is 5.85. The lowest BCUT2D eigenvalue weighted by atomic mass is 9.79. The number of ether oxygens (including phenoxy) is 1. The number of hydrogen-bond acceptors (Lipinski definition) is 3. The molecule has 2 fully saturated rings. The van der Waals surface area contributed by atoms with Gasteiger partial charge in [0.15, 0.2) is 0 Å². The predicted octanol–water partition coefficient (Wildman–Crippen LogP) is 4.02. The van der Waals surface area contributed by atoms with Crippen LogP contribution in [-0.2, 0) is 4.74 Å². The zero-order valence-electron chi connectivity index (χ0n) is 15.1. The summed E-state index contributed by atoms with van der Waals surface area (Å²) in [4.78, 5) is 2.50. The van der Waals surface area contributed by atoms with Crippen LogP contribution in [0, 0.1) is 5.92 Å². The average molecular weight is 334 g/mol. The van der Waals surface area contributed by atoms with Crippen LogP contribution in [0.5, 0.6) is 0 Å². The lowest BCUT2D eigenvalue weighted by Gasteiger charge is -2.53. The lowest BCUT2D eigenvalue weighted by molar-refractivity contribution is -0.0819. The van der Waals surface area contributed by atoms with E-state index in [1.165, 1.54) is 32.1 Å². The van der Waals surface area contributed by atoms with E-state index in [1.54, 1.807) is 0 Å². The molecule has 132 valence electrons. The fourth-order valence-corrected chi connectivity index (χ4v) is 4.39. The molecule has 4 heteroatoms. The molecule has 1 aliphatic carbocycles. The smallest absolute Gasteiger partial charge is 0.0900 e. The van der Waals surface area contributed by atoms with Gasteiger partial charge in [0.05, 0.1) is 18.8 Å². The van der Waals surface area contributed by atoms with Crippen LogP contribution in [0.25, 0.3) is 0 Å². The van der Waals surface area contributed by atoms with E-state index in [4.69, 9.17) is 4.74 Å². The maximum atomic E-state index is 10.4. The molecule has 3 nitrogen and oxygen atoms in total. The first kappa shape index (κ1) is 20.2. The minimum atomic E-state index is -0.380. The molecule has 1 N–H and O–H groups in total. The maximum absolute atomic E-state index is 10.4. The van der Waals surface area contributed by atoms with Gasteiger partial charge in [0, 0.05) is 17.6 Å². The number of nitrogens with zero attached hydrogens (tertiary/aromatic N) is 1. The van der Waals surface area contributed by atoms with Crippen LogP contribution in [0.1, 0.15) is 73.1 Å². The fourth-order valence-electron chi connectivity index (χ4n) is 4.39.